The van der Waals surface area contributed by atoms with Gasteiger partial charge in [0.15, 0.2) is 0 Å². The van der Waals surface area contributed by atoms with Crippen molar-refractivity contribution in [2.24, 2.45) is 0 Å². The Morgan fingerprint density at radius 3 is 1.20 bits per heavy atom. The molecule has 0 unspecified atom stereocenters. The Hall–Kier alpha value is -8.72. The molecule has 11 aromatic carbocycles. The fraction of sp³-hybridized carbons (Fsp3) is 0. The Morgan fingerprint density at radius 1 is 0.242 bits per heavy atom. The van der Waals surface area contributed by atoms with Crippen LogP contribution in [-0.4, -0.2) is 4.57 Å². The zero-order valence-corrected chi connectivity index (χ0v) is 36.3. The summed E-state index contributed by atoms with van der Waals surface area (Å²) in [5.74, 6) is 0. The molecule has 0 spiro atoms. The first kappa shape index (κ1) is 38.9. The first-order valence-electron chi connectivity index (χ1n) is 22.7. The molecule has 1 aromatic heterocycles. The van der Waals surface area contributed by atoms with Crippen LogP contribution in [-0.2, 0) is 0 Å². The first-order chi connectivity index (χ1) is 32.8. The monoisotopic (exact) mass is 840 g/mol. The third-order valence-electron chi connectivity index (χ3n) is 13.0. The standard InChI is InChI=1S/C64H44N2/c1-4-18-45(19-5-1)46-32-37-51(38-33-46)65(52-39-34-49(35-40-52)54-42-41-53(47-20-6-2-7-21-47)56-25-10-11-26-57(54)56)64-43-36-50(44-60(64)48-22-8-3-9-23-48)55-24-12-15-29-61(55)66-62-30-16-13-27-58(62)59-28-14-17-31-63(59)66/h1-44H. The molecule has 2 heteroatoms. The Bertz CT molecular complexity index is 3610. The summed E-state index contributed by atoms with van der Waals surface area (Å²) in [4.78, 5) is 2.42. The second-order valence-corrected chi connectivity index (χ2v) is 16.9. The SMILES string of the molecule is c1ccc(-c2ccc(N(c3ccc(-c4ccc(-c5ccccc5)c5ccccc45)cc3)c3ccc(-c4ccccc4-n4c5ccccc5c5ccccc54)cc3-c3ccccc3)cc2)cc1. The van der Waals surface area contributed by atoms with E-state index in [0.29, 0.717) is 0 Å². The smallest absolute Gasteiger partial charge is 0.0541 e. The van der Waals surface area contributed by atoms with Gasteiger partial charge in [0, 0.05) is 33.3 Å². The Balaban J connectivity index is 1.02. The van der Waals surface area contributed by atoms with Gasteiger partial charge in [0.25, 0.3) is 0 Å². The minimum absolute atomic E-state index is 1.08. The third-order valence-corrected chi connectivity index (χ3v) is 13.0. The predicted octanol–water partition coefficient (Wildman–Crippen LogP) is 17.7. The Labute approximate surface area is 385 Å². The molecule has 0 aliphatic heterocycles. The van der Waals surface area contributed by atoms with Crippen LogP contribution in [0.5, 0.6) is 0 Å². The van der Waals surface area contributed by atoms with Crippen molar-refractivity contribution >= 4 is 49.6 Å². The van der Waals surface area contributed by atoms with E-state index in [1.165, 1.54) is 71.5 Å². The molecule has 1 heterocycles. The summed E-state index contributed by atoms with van der Waals surface area (Å²) in [6, 6.07) is 96.9. The van der Waals surface area contributed by atoms with Gasteiger partial charge in [0.05, 0.1) is 22.4 Å². The topological polar surface area (TPSA) is 8.17 Å². The van der Waals surface area contributed by atoms with E-state index in [4.69, 9.17) is 0 Å². The van der Waals surface area contributed by atoms with Crippen molar-refractivity contribution in [2.75, 3.05) is 4.90 Å². The quantitative estimate of drug-likeness (QED) is 0.141. The van der Waals surface area contributed by atoms with Crippen LogP contribution >= 0.6 is 0 Å². The average Bonchev–Trinajstić information content (AvgIpc) is 3.74. The Kier molecular flexibility index (Phi) is 9.89. The van der Waals surface area contributed by atoms with Crippen molar-refractivity contribution in [1.29, 1.82) is 0 Å². The minimum Gasteiger partial charge on any atom is -0.310 e. The fourth-order valence-electron chi connectivity index (χ4n) is 9.91. The van der Waals surface area contributed by atoms with Gasteiger partial charge in [-0.3, -0.25) is 0 Å². The molecule has 2 nitrogen and oxygen atoms in total. The van der Waals surface area contributed by atoms with Crippen molar-refractivity contribution in [3.05, 3.63) is 267 Å². The maximum Gasteiger partial charge on any atom is 0.0541 e. The molecular formula is C64H44N2. The van der Waals surface area contributed by atoms with Crippen molar-refractivity contribution in [3.63, 3.8) is 0 Å². The van der Waals surface area contributed by atoms with Crippen LogP contribution < -0.4 is 4.90 Å². The van der Waals surface area contributed by atoms with Crippen LogP contribution in [0.1, 0.15) is 0 Å². The molecule has 0 atom stereocenters. The minimum atomic E-state index is 1.08. The van der Waals surface area contributed by atoms with Crippen molar-refractivity contribution < 1.29 is 0 Å². The van der Waals surface area contributed by atoms with Gasteiger partial charge in [-0.15, -0.1) is 0 Å². The molecule has 0 bridgehead atoms. The lowest BCUT2D eigenvalue weighted by Gasteiger charge is -2.29. The van der Waals surface area contributed by atoms with Gasteiger partial charge in [-0.25, -0.2) is 0 Å². The van der Waals surface area contributed by atoms with Crippen LogP contribution in [0.3, 0.4) is 0 Å². The number of hydrogen-bond acceptors (Lipinski definition) is 1. The van der Waals surface area contributed by atoms with Gasteiger partial charge < -0.3 is 9.47 Å². The van der Waals surface area contributed by atoms with E-state index in [9.17, 15) is 0 Å². The van der Waals surface area contributed by atoms with Gasteiger partial charge in [-0.05, 0) is 110 Å². The summed E-state index contributed by atoms with van der Waals surface area (Å²) in [5.41, 5.74) is 18.6. The second-order valence-electron chi connectivity index (χ2n) is 16.9. The molecule has 0 saturated carbocycles. The van der Waals surface area contributed by atoms with Crippen LogP contribution in [0.25, 0.3) is 93.9 Å². The maximum atomic E-state index is 2.43. The molecule has 0 saturated heterocycles. The van der Waals surface area contributed by atoms with Crippen LogP contribution in [0, 0.1) is 0 Å². The highest BCUT2D eigenvalue weighted by atomic mass is 15.1. The van der Waals surface area contributed by atoms with Gasteiger partial charge in [0.2, 0.25) is 0 Å². The molecule has 0 amide bonds. The molecule has 12 rings (SSSR count). The van der Waals surface area contributed by atoms with Crippen LogP contribution in [0.15, 0.2) is 267 Å². The van der Waals surface area contributed by atoms with Gasteiger partial charge in [-0.2, -0.15) is 0 Å². The number of benzene rings is 11. The van der Waals surface area contributed by atoms with Crippen LogP contribution in [0.2, 0.25) is 0 Å². The van der Waals surface area contributed by atoms with E-state index in [-0.39, 0.29) is 0 Å². The summed E-state index contributed by atoms with van der Waals surface area (Å²) < 4.78 is 2.43. The van der Waals surface area contributed by atoms with Crippen molar-refractivity contribution in [1.82, 2.24) is 4.57 Å². The number of fused-ring (bicyclic) bond motifs is 4. The van der Waals surface area contributed by atoms with E-state index in [1.807, 2.05) is 0 Å². The molecule has 66 heavy (non-hydrogen) atoms. The zero-order chi connectivity index (χ0) is 43.8. The molecular weight excluding hydrogens is 797 g/mol. The highest BCUT2D eigenvalue weighted by Gasteiger charge is 2.21. The number of hydrogen-bond donors (Lipinski definition) is 0. The summed E-state index contributed by atoms with van der Waals surface area (Å²) in [6.07, 6.45) is 0. The number of anilines is 3. The van der Waals surface area contributed by atoms with Crippen LogP contribution in [0.4, 0.5) is 17.1 Å². The van der Waals surface area contributed by atoms with E-state index in [0.717, 1.165) is 39.4 Å². The lowest BCUT2D eigenvalue weighted by Crippen LogP contribution is -2.11. The van der Waals surface area contributed by atoms with E-state index in [1.54, 1.807) is 0 Å². The predicted molar refractivity (Wildman–Crippen MR) is 280 cm³/mol. The van der Waals surface area contributed by atoms with E-state index >= 15 is 0 Å². The number of nitrogens with zero attached hydrogens (tertiary/aromatic N) is 2. The molecule has 0 N–H and O–H groups in total. The lowest BCUT2D eigenvalue weighted by molar-refractivity contribution is 1.18. The zero-order valence-electron chi connectivity index (χ0n) is 36.3. The largest absolute Gasteiger partial charge is 0.310 e. The fourth-order valence-corrected chi connectivity index (χ4v) is 9.91. The normalized spacial score (nSPS) is 11.3. The van der Waals surface area contributed by atoms with Gasteiger partial charge >= 0.3 is 0 Å². The average molecular weight is 841 g/mol. The molecule has 0 aliphatic carbocycles. The van der Waals surface area contributed by atoms with E-state index in [2.05, 4.69) is 276 Å². The summed E-state index contributed by atoms with van der Waals surface area (Å²) in [6.45, 7) is 0. The molecule has 0 aliphatic rings. The number of para-hydroxylation sites is 3. The molecule has 0 radical (unpaired) electrons. The maximum absolute atomic E-state index is 2.43. The highest BCUT2D eigenvalue weighted by molar-refractivity contribution is 6.10. The summed E-state index contributed by atoms with van der Waals surface area (Å²) in [5, 5.41) is 4.99. The van der Waals surface area contributed by atoms with Crippen molar-refractivity contribution in [3.8, 4) is 61.3 Å². The lowest BCUT2D eigenvalue weighted by atomic mass is 9.92. The van der Waals surface area contributed by atoms with E-state index < -0.39 is 0 Å². The molecule has 12 aromatic rings. The summed E-state index contributed by atoms with van der Waals surface area (Å²) in [7, 11) is 0. The summed E-state index contributed by atoms with van der Waals surface area (Å²) >= 11 is 0. The second kappa shape index (κ2) is 16.8. The molecule has 310 valence electrons. The van der Waals surface area contributed by atoms with Gasteiger partial charge in [0.1, 0.15) is 0 Å². The van der Waals surface area contributed by atoms with Gasteiger partial charge in [-0.1, -0.05) is 212 Å². The van der Waals surface area contributed by atoms with Crippen molar-refractivity contribution in [2.45, 2.75) is 0 Å². The number of aromatic nitrogens is 1. The number of rotatable bonds is 9. The molecule has 0 fully saturated rings. The first-order valence-corrected chi connectivity index (χ1v) is 22.7. The highest BCUT2D eigenvalue weighted by Crippen LogP contribution is 2.45. The third kappa shape index (κ3) is 6.93. The Morgan fingerprint density at radius 2 is 0.636 bits per heavy atom.